The number of carbonyl (C=O) groups excluding carboxylic acids is 1. The fourth-order valence-electron chi connectivity index (χ4n) is 3.12. The lowest BCUT2D eigenvalue weighted by molar-refractivity contribution is -0.125. The highest BCUT2D eigenvalue weighted by molar-refractivity contribution is 5.85. The Bertz CT molecular complexity index is 528. The highest BCUT2D eigenvalue weighted by Crippen LogP contribution is 2.26. The summed E-state index contributed by atoms with van der Waals surface area (Å²) >= 11 is 0. The summed E-state index contributed by atoms with van der Waals surface area (Å²) in [4.78, 5) is 12.1. The molecule has 1 aromatic carbocycles. The molecule has 3 rings (SSSR count). The van der Waals surface area contributed by atoms with E-state index in [0.29, 0.717) is 19.4 Å². The predicted molar refractivity (Wildman–Crippen MR) is 86.1 cm³/mol. The summed E-state index contributed by atoms with van der Waals surface area (Å²) in [5.74, 6) is 0.771. The van der Waals surface area contributed by atoms with Gasteiger partial charge < -0.3 is 20.9 Å². The molecule has 1 saturated carbocycles. The number of benzene rings is 1. The number of aliphatic hydroxyl groups is 1. The summed E-state index contributed by atoms with van der Waals surface area (Å²) in [6, 6.07) is 5.79. The summed E-state index contributed by atoms with van der Waals surface area (Å²) in [6.45, 7) is 1.29. The van der Waals surface area contributed by atoms with Crippen molar-refractivity contribution in [3.63, 3.8) is 0 Å². The van der Waals surface area contributed by atoms with Crippen LogP contribution in [0.25, 0.3) is 0 Å². The van der Waals surface area contributed by atoms with Gasteiger partial charge in [-0.1, -0.05) is 12.1 Å². The number of fused-ring (bicyclic) bond motifs is 1. The number of nitrogens with two attached hydrogens (primary N) is 1. The molecule has 6 heteroatoms. The van der Waals surface area contributed by atoms with E-state index in [1.165, 1.54) is 5.56 Å². The topological polar surface area (TPSA) is 84.6 Å². The van der Waals surface area contributed by atoms with Gasteiger partial charge in [0.05, 0.1) is 12.7 Å². The SMILES string of the molecule is Cl.N[C@@H]1C[C@H](C(=O)NCc2ccc3c(c2)CCCO3)C[C@H]1O. The normalized spacial score (nSPS) is 26.5. The molecule has 1 aliphatic heterocycles. The average Bonchev–Trinajstić information content (AvgIpc) is 2.84. The summed E-state index contributed by atoms with van der Waals surface area (Å²) in [6.07, 6.45) is 2.54. The third-order valence-electron chi connectivity index (χ3n) is 4.39. The van der Waals surface area contributed by atoms with E-state index in [0.717, 1.165) is 30.8 Å². The molecule has 0 bridgehead atoms. The van der Waals surface area contributed by atoms with Gasteiger partial charge in [0, 0.05) is 18.5 Å². The fraction of sp³-hybridized carbons (Fsp3) is 0.562. The molecule has 22 heavy (non-hydrogen) atoms. The van der Waals surface area contributed by atoms with Gasteiger partial charge in [0.15, 0.2) is 0 Å². The number of hydrogen-bond donors (Lipinski definition) is 3. The molecule has 1 aliphatic carbocycles. The van der Waals surface area contributed by atoms with Crippen molar-refractivity contribution >= 4 is 18.3 Å². The minimum absolute atomic E-state index is 0. The zero-order chi connectivity index (χ0) is 14.8. The number of ether oxygens (including phenoxy) is 1. The third kappa shape index (κ3) is 3.72. The molecule has 0 saturated heterocycles. The summed E-state index contributed by atoms with van der Waals surface area (Å²) in [5.41, 5.74) is 8.04. The van der Waals surface area contributed by atoms with Crippen LogP contribution < -0.4 is 15.8 Å². The average molecular weight is 327 g/mol. The second-order valence-corrected chi connectivity index (χ2v) is 6.01. The van der Waals surface area contributed by atoms with E-state index in [1.54, 1.807) is 0 Å². The van der Waals surface area contributed by atoms with Gasteiger partial charge in [0.25, 0.3) is 0 Å². The molecular weight excluding hydrogens is 304 g/mol. The smallest absolute Gasteiger partial charge is 0.223 e. The molecule has 0 aromatic heterocycles. The van der Waals surface area contributed by atoms with E-state index < -0.39 is 6.10 Å². The molecule has 122 valence electrons. The van der Waals surface area contributed by atoms with Gasteiger partial charge in [-0.05, 0) is 42.9 Å². The monoisotopic (exact) mass is 326 g/mol. The highest BCUT2D eigenvalue weighted by Gasteiger charge is 2.34. The van der Waals surface area contributed by atoms with Crippen molar-refractivity contribution in [3.8, 4) is 5.75 Å². The minimum Gasteiger partial charge on any atom is -0.493 e. The Labute approximate surface area is 136 Å². The summed E-state index contributed by atoms with van der Waals surface area (Å²) < 4.78 is 5.58. The molecular formula is C16H23ClN2O3. The lowest BCUT2D eigenvalue weighted by Gasteiger charge is -2.18. The van der Waals surface area contributed by atoms with Crippen LogP contribution in [-0.4, -0.2) is 29.8 Å². The number of amides is 1. The van der Waals surface area contributed by atoms with Crippen molar-refractivity contribution in [2.24, 2.45) is 11.7 Å². The van der Waals surface area contributed by atoms with Crippen LogP contribution in [0.15, 0.2) is 18.2 Å². The molecule has 1 heterocycles. The zero-order valence-corrected chi connectivity index (χ0v) is 13.3. The van der Waals surface area contributed by atoms with Crippen LogP contribution in [0.3, 0.4) is 0 Å². The Hall–Kier alpha value is -1.30. The molecule has 0 radical (unpaired) electrons. The number of nitrogens with one attached hydrogen (secondary N) is 1. The first kappa shape index (κ1) is 17.1. The van der Waals surface area contributed by atoms with E-state index >= 15 is 0 Å². The largest absolute Gasteiger partial charge is 0.493 e. The first-order valence-electron chi connectivity index (χ1n) is 7.59. The fourth-order valence-corrected chi connectivity index (χ4v) is 3.12. The van der Waals surface area contributed by atoms with Gasteiger partial charge in [0.1, 0.15) is 5.75 Å². The van der Waals surface area contributed by atoms with Gasteiger partial charge in [0.2, 0.25) is 5.91 Å². The van der Waals surface area contributed by atoms with Crippen molar-refractivity contribution in [2.45, 2.75) is 44.4 Å². The molecule has 4 N–H and O–H groups in total. The molecule has 0 spiro atoms. The molecule has 3 atom stereocenters. The second kappa shape index (κ2) is 7.31. The van der Waals surface area contributed by atoms with Crippen LogP contribution in [0, 0.1) is 5.92 Å². The van der Waals surface area contributed by atoms with Gasteiger partial charge in [-0.3, -0.25) is 4.79 Å². The van der Waals surface area contributed by atoms with Crippen molar-refractivity contribution in [1.82, 2.24) is 5.32 Å². The number of halogens is 1. The predicted octanol–water partition coefficient (Wildman–Crippen LogP) is 1.15. The van der Waals surface area contributed by atoms with Crippen molar-refractivity contribution in [2.75, 3.05) is 6.61 Å². The number of aryl methyl sites for hydroxylation is 1. The van der Waals surface area contributed by atoms with Gasteiger partial charge in [-0.2, -0.15) is 0 Å². The van der Waals surface area contributed by atoms with E-state index in [2.05, 4.69) is 11.4 Å². The molecule has 5 nitrogen and oxygen atoms in total. The minimum atomic E-state index is -0.554. The molecule has 1 fully saturated rings. The maximum atomic E-state index is 12.1. The molecule has 0 unspecified atom stereocenters. The summed E-state index contributed by atoms with van der Waals surface area (Å²) in [7, 11) is 0. The Morgan fingerprint density at radius 1 is 1.41 bits per heavy atom. The van der Waals surface area contributed by atoms with Crippen molar-refractivity contribution in [1.29, 1.82) is 0 Å². The van der Waals surface area contributed by atoms with Gasteiger partial charge >= 0.3 is 0 Å². The standard InChI is InChI=1S/C16H22N2O3.ClH/c17-13-7-12(8-14(13)19)16(20)18-9-10-3-4-15-11(6-10)2-1-5-21-15;/h3-4,6,12-14,19H,1-2,5,7-9,17H2,(H,18,20);1H/t12-,13+,14+;/m0./s1. The first-order chi connectivity index (χ1) is 10.1. The van der Waals surface area contributed by atoms with Crippen molar-refractivity contribution < 1.29 is 14.6 Å². The maximum absolute atomic E-state index is 12.1. The number of carbonyl (C=O) groups is 1. The Morgan fingerprint density at radius 2 is 2.23 bits per heavy atom. The number of hydrogen-bond acceptors (Lipinski definition) is 4. The van der Waals surface area contributed by atoms with Crippen LogP contribution in [0.4, 0.5) is 0 Å². The quantitative estimate of drug-likeness (QED) is 0.778. The second-order valence-electron chi connectivity index (χ2n) is 6.01. The number of rotatable bonds is 3. The van der Waals surface area contributed by atoms with E-state index in [9.17, 15) is 9.90 Å². The first-order valence-corrected chi connectivity index (χ1v) is 7.59. The highest BCUT2D eigenvalue weighted by atomic mass is 35.5. The van der Waals surface area contributed by atoms with E-state index in [-0.39, 0.29) is 30.3 Å². The van der Waals surface area contributed by atoms with Gasteiger partial charge in [-0.25, -0.2) is 0 Å². The Balaban J connectivity index is 0.00000176. The zero-order valence-electron chi connectivity index (χ0n) is 12.5. The Morgan fingerprint density at radius 3 is 2.95 bits per heavy atom. The lowest BCUT2D eigenvalue weighted by atomic mass is 10.0. The van der Waals surface area contributed by atoms with Crippen LogP contribution >= 0.6 is 12.4 Å². The molecule has 2 aliphatic rings. The van der Waals surface area contributed by atoms with E-state index in [1.807, 2.05) is 12.1 Å². The third-order valence-corrected chi connectivity index (χ3v) is 4.39. The summed E-state index contributed by atoms with van der Waals surface area (Å²) in [5, 5.41) is 12.6. The lowest BCUT2D eigenvalue weighted by Crippen LogP contribution is -2.30. The van der Waals surface area contributed by atoms with Crippen LogP contribution in [0.1, 0.15) is 30.4 Å². The van der Waals surface area contributed by atoms with Gasteiger partial charge in [-0.15, -0.1) is 12.4 Å². The van der Waals surface area contributed by atoms with E-state index in [4.69, 9.17) is 10.5 Å². The van der Waals surface area contributed by atoms with Crippen LogP contribution in [-0.2, 0) is 17.8 Å². The maximum Gasteiger partial charge on any atom is 0.223 e. The van der Waals surface area contributed by atoms with Crippen LogP contribution in [0.5, 0.6) is 5.75 Å². The Kier molecular flexibility index (Phi) is 5.67. The van der Waals surface area contributed by atoms with Crippen molar-refractivity contribution in [3.05, 3.63) is 29.3 Å². The number of aliphatic hydroxyl groups excluding tert-OH is 1. The van der Waals surface area contributed by atoms with Crippen LogP contribution in [0.2, 0.25) is 0 Å². The molecule has 1 amide bonds. The molecule has 1 aromatic rings.